The Morgan fingerprint density at radius 1 is 0.459 bits per heavy atom. The van der Waals surface area contributed by atoms with Crippen LogP contribution in [0, 0.1) is 24.7 Å². The molecule has 3 aromatic rings. The van der Waals surface area contributed by atoms with Crippen LogP contribution in [0.3, 0.4) is 0 Å². The number of halogens is 20. The minimum absolute atomic E-state index is 0. The zero-order valence-corrected chi connectivity index (χ0v) is 57.7. The van der Waals surface area contributed by atoms with Gasteiger partial charge in [-0.05, 0) is 14.1 Å². The molecule has 0 saturated carbocycles. The predicted molar refractivity (Wildman–Crippen MR) is 324 cm³/mol. The van der Waals surface area contributed by atoms with Gasteiger partial charge in [0.25, 0.3) is 0 Å². The van der Waals surface area contributed by atoms with Crippen molar-refractivity contribution in [3.8, 4) is 6.07 Å². The Labute approximate surface area is 569 Å². The van der Waals surface area contributed by atoms with Crippen LogP contribution in [0.2, 0.25) is 0 Å². The van der Waals surface area contributed by atoms with E-state index in [-0.39, 0.29) is 43.6 Å². The molecule has 0 fully saturated rings. The summed E-state index contributed by atoms with van der Waals surface area (Å²) in [4.78, 5) is 3.65. The van der Waals surface area contributed by atoms with Gasteiger partial charge < -0.3 is 63.6 Å². The number of rotatable bonds is 7. The molecule has 1 radical (unpaired) electrons. The minimum atomic E-state index is -3.67. The van der Waals surface area contributed by atoms with Crippen LogP contribution in [0.25, 0.3) is 0 Å². The third kappa shape index (κ3) is 81.0. The van der Waals surface area contributed by atoms with Crippen LogP contribution in [0.5, 0.6) is 0 Å². The fourth-order valence-corrected chi connectivity index (χ4v) is 4.39. The van der Waals surface area contributed by atoms with Crippen molar-refractivity contribution in [2.24, 2.45) is 40.8 Å². The summed E-state index contributed by atoms with van der Waals surface area (Å²) >= 11 is 0. The van der Waals surface area contributed by atoms with Gasteiger partial charge in [-0.1, -0.05) is 20.3 Å². The molecule has 6 aliphatic rings. The molecule has 0 unspecified atom stereocenters. The number of hydrogen-bond acceptors (Lipinski definition) is 28. The number of nitriles is 1. The van der Waals surface area contributed by atoms with Gasteiger partial charge in [0.1, 0.15) is 124 Å². The Balaban J connectivity index is -0.0000000947. The Bertz CT molecular complexity index is 2120. The van der Waals surface area contributed by atoms with E-state index in [9.17, 15) is 64.7 Å². The Kier molecular flexibility index (Phi) is 83.2. The zero-order valence-electron chi connectivity index (χ0n) is 55.3. The van der Waals surface area contributed by atoms with Gasteiger partial charge in [-0.3, -0.25) is 84.8 Å². The summed E-state index contributed by atoms with van der Waals surface area (Å²) in [6.45, 7) is 12.5. The van der Waals surface area contributed by atoms with Crippen LogP contribution in [-0.4, -0.2) is 321 Å². The van der Waals surface area contributed by atoms with Gasteiger partial charge in [-0.25, -0.2) is 34.1 Å². The number of nitrogen functional groups attached to an aromatic ring is 1. The van der Waals surface area contributed by atoms with Crippen LogP contribution >= 0.6 is 0 Å². The quantitative estimate of drug-likeness (QED) is 0.0336. The van der Waals surface area contributed by atoms with E-state index in [0.29, 0.717) is 0 Å². The number of nitrogens with zero attached hydrogens (tertiary/aromatic N) is 32. The maximum atomic E-state index is 9.67. The molecular formula is C38H76B5F20IrN33O-6. The minimum Gasteiger partial charge on any atom is -1.00 e. The summed E-state index contributed by atoms with van der Waals surface area (Å²) in [5.41, 5.74) is 0. The number of nitrogens with two attached hydrogens (primary N) is 1. The molecule has 0 aromatic carbocycles. The van der Waals surface area contributed by atoms with Crippen molar-refractivity contribution in [3.05, 3.63) is 51.3 Å². The molecule has 98 heavy (non-hydrogen) atoms. The molecule has 0 saturated heterocycles. The van der Waals surface area contributed by atoms with Crippen LogP contribution < -0.4 is 29.4 Å². The first-order valence-corrected chi connectivity index (χ1v) is 25.0. The second-order valence-corrected chi connectivity index (χ2v) is 16.9. The number of hydrogen-bond donors (Lipinski definition) is 1. The van der Waals surface area contributed by atoms with Gasteiger partial charge in [-0.15, -0.1) is 54.1 Å². The Hall–Kier alpha value is -9.20. The summed E-state index contributed by atoms with van der Waals surface area (Å²) in [6, 6.07) is 1.75. The fraction of sp³-hybridized carbons (Fsp3) is 0.553. The van der Waals surface area contributed by atoms with Crippen molar-refractivity contribution in [2.75, 3.05) is 124 Å². The predicted octanol–water partition coefficient (Wildman–Crippen LogP) is -12.0. The van der Waals surface area contributed by atoms with Crippen molar-refractivity contribution in [3.63, 3.8) is 0 Å². The Morgan fingerprint density at radius 3 is 0.765 bits per heavy atom. The van der Waals surface area contributed by atoms with E-state index < -0.39 is 37.7 Å². The number of aromatic nitrogens is 9. The van der Waals surface area contributed by atoms with E-state index in [0.717, 1.165) is 26.7 Å². The third-order valence-corrected chi connectivity index (χ3v) is 7.28. The van der Waals surface area contributed by atoms with Crippen molar-refractivity contribution in [1.82, 2.24) is 115 Å². The van der Waals surface area contributed by atoms with Crippen molar-refractivity contribution >= 4 is 88.4 Å². The molecule has 0 aliphatic carbocycles. The molecule has 9 heterocycles. The van der Waals surface area contributed by atoms with E-state index in [1.165, 1.54) is 30.7 Å². The van der Waals surface area contributed by atoms with Crippen molar-refractivity contribution in [2.45, 2.75) is 27.2 Å². The normalized spacial score (nSPS) is 12.7. The molecular weight excluding hydrogens is 1560 g/mol. The molecule has 0 bridgehead atoms. The van der Waals surface area contributed by atoms with Gasteiger partial charge in [0.15, 0.2) is 0 Å². The molecule has 569 valence electrons. The van der Waals surface area contributed by atoms with E-state index in [2.05, 4.69) is 89.6 Å². The zero-order chi connectivity index (χ0) is 71.7. The molecule has 9 rings (SSSR count). The number of hydrazone groups is 6. The average molecular weight is 1640 g/mol. The molecule has 6 aliphatic heterocycles. The van der Waals surface area contributed by atoms with Gasteiger partial charge in [0.2, 0.25) is 0 Å². The third-order valence-electron chi connectivity index (χ3n) is 7.28. The SMILES string of the molecule is CC#N.CCC.CN(C)/C=N/N=C/N(C)C.CN1CN(N2C=NN(C)C2)C=N1.CN1CN(N2C=NN(C)C2)C=N1.CN1[CH-]N(N2C=NN(C)[CH-]2)C=N1.C[O+](C)C.FB(F)F.FB(F)F.FB(F)F.FB(F)F.FB(F)F.Nn1cnnc1.[F-].[F-].[F-].[F-].[F-].[Ir].c1nncn1-n1cnnc1. The summed E-state index contributed by atoms with van der Waals surface area (Å²) in [5.74, 6) is 5.07. The molecule has 60 heteroatoms. The summed E-state index contributed by atoms with van der Waals surface area (Å²) < 4.78 is 152. The van der Waals surface area contributed by atoms with Crippen LogP contribution in [0.15, 0.2) is 78.8 Å². The van der Waals surface area contributed by atoms with E-state index in [1.54, 1.807) is 101 Å². The monoisotopic (exact) mass is 1640 g/mol. The topological polar surface area (TPSA) is 289 Å². The van der Waals surface area contributed by atoms with Crippen LogP contribution in [0.4, 0.5) is 64.7 Å². The molecule has 0 atom stereocenters. The van der Waals surface area contributed by atoms with E-state index >= 15 is 0 Å². The van der Waals surface area contributed by atoms with Crippen LogP contribution in [-0.2, 0) is 24.5 Å². The van der Waals surface area contributed by atoms with E-state index in [4.69, 9.17) is 11.1 Å². The average Bonchev–Trinajstić information content (AvgIpc) is 1.75. The van der Waals surface area contributed by atoms with E-state index in [1.807, 2.05) is 165 Å². The Morgan fingerprint density at radius 2 is 0.643 bits per heavy atom. The van der Waals surface area contributed by atoms with Crippen molar-refractivity contribution in [1.29, 1.82) is 5.26 Å². The maximum absolute atomic E-state index is 9.67. The molecule has 2 N–H and O–H groups in total. The summed E-state index contributed by atoms with van der Waals surface area (Å²) in [7, 11) is 6.50. The first kappa shape index (κ1) is 113. The standard InChI is InChI=1S/2C6H12N6.C6H10N6.C6H14N4.C4H4N6.C3H9O.C3H8.C2H4N4.C2H3N.5BF3.5FH.Ir/c3*1-9-5-11(3-7-9)12-4-8-10(2)6-12;1-9(2)5-7-8-6-10(3)4;1-5-6-2-9(1)10-3-7-8-4-10;1-4(2)3;1-3-2;3-6-1-4-5-2-6;1-2-3;5*2-1(3)4;;;;;;/h2*3-4H,5-6H2,1-2H3;3-6H,1-2H3;5-6H,1-4H3;1-4H;1-3H3;3H2,1-2H3;1-2H,3H2;1H3;;;;;;5*1H;/q;;-2;;;+1;;;;;;;;;;;;;;/p-5/b;;;7-5+,8-6+;;;;;;;;;;;;;;;;. The maximum Gasteiger partial charge on any atom is 0.762 e. The van der Waals surface area contributed by atoms with Gasteiger partial charge in [0, 0.05) is 83.4 Å². The first-order chi connectivity index (χ1) is 43.0. The molecule has 34 nitrogen and oxygen atoms in total. The fourth-order valence-electron chi connectivity index (χ4n) is 4.39. The molecule has 0 amide bonds. The van der Waals surface area contributed by atoms with Gasteiger partial charge in [-0.2, -0.15) is 35.9 Å². The molecule has 3 aromatic heterocycles. The second-order valence-electron chi connectivity index (χ2n) is 16.9. The largest absolute Gasteiger partial charge is 1.00 e. The number of hydrazine groups is 3. The summed E-state index contributed by atoms with van der Waals surface area (Å²) in [5, 5.41) is 83.1. The second kappa shape index (κ2) is 72.1. The van der Waals surface area contributed by atoms with Gasteiger partial charge >= 0.3 is 37.7 Å². The van der Waals surface area contributed by atoms with Gasteiger partial charge in [0.05, 0.1) is 18.7 Å². The molecule has 0 spiro atoms. The van der Waals surface area contributed by atoms with Crippen molar-refractivity contribution < 1.29 is 113 Å². The van der Waals surface area contributed by atoms with Crippen LogP contribution in [0.1, 0.15) is 27.2 Å². The smallest absolute Gasteiger partial charge is 0.762 e. The first-order valence-electron chi connectivity index (χ1n) is 25.0. The summed E-state index contributed by atoms with van der Waals surface area (Å²) in [6.07, 6.45) is 24.2.